The molecule has 19 heavy (non-hydrogen) atoms. The second-order valence-corrected chi connectivity index (χ2v) is 6.36. The van der Waals surface area contributed by atoms with E-state index in [4.69, 9.17) is 17.3 Å². The van der Waals surface area contributed by atoms with Crippen LogP contribution in [0.25, 0.3) is 5.69 Å². The fraction of sp³-hybridized carbons (Fsp3) is 0.182. The van der Waals surface area contributed by atoms with E-state index < -0.39 is 9.84 Å². The van der Waals surface area contributed by atoms with Crippen LogP contribution in [0.3, 0.4) is 0 Å². The molecule has 0 saturated heterocycles. The monoisotopic (exact) mass is 300 g/mol. The first-order valence-electron chi connectivity index (χ1n) is 5.37. The molecule has 2 aromatic rings. The van der Waals surface area contributed by atoms with Crippen LogP contribution in [0.15, 0.2) is 29.2 Å². The molecule has 0 unspecified atom stereocenters. The fourth-order valence-corrected chi connectivity index (χ4v) is 2.81. The molecule has 1 aromatic heterocycles. The van der Waals surface area contributed by atoms with Crippen LogP contribution in [0.2, 0.25) is 5.02 Å². The Morgan fingerprint density at radius 3 is 2.32 bits per heavy atom. The van der Waals surface area contributed by atoms with Crippen LogP contribution in [0.1, 0.15) is 0 Å². The van der Waals surface area contributed by atoms with Crippen molar-refractivity contribution in [2.45, 2.75) is 4.90 Å². The highest BCUT2D eigenvalue weighted by Gasteiger charge is 2.23. The third kappa shape index (κ3) is 2.52. The van der Waals surface area contributed by atoms with Gasteiger partial charge < -0.3 is 11.1 Å². The maximum Gasteiger partial charge on any atom is 0.182 e. The zero-order valence-electron chi connectivity index (χ0n) is 10.4. The van der Waals surface area contributed by atoms with Crippen molar-refractivity contribution in [1.29, 1.82) is 0 Å². The van der Waals surface area contributed by atoms with Crippen LogP contribution in [-0.2, 0) is 9.84 Å². The average Bonchev–Trinajstić information content (AvgIpc) is 2.67. The minimum atomic E-state index is -3.47. The van der Waals surface area contributed by atoms with Gasteiger partial charge in [-0.25, -0.2) is 13.1 Å². The number of nitrogens with zero attached hydrogens (tertiary/aromatic N) is 2. The van der Waals surface area contributed by atoms with Gasteiger partial charge in [-0.05, 0) is 24.3 Å². The van der Waals surface area contributed by atoms with Crippen molar-refractivity contribution in [2.24, 2.45) is 0 Å². The third-order valence-electron chi connectivity index (χ3n) is 2.55. The van der Waals surface area contributed by atoms with Crippen molar-refractivity contribution in [1.82, 2.24) is 9.78 Å². The Bertz CT molecular complexity index is 707. The molecule has 0 aliphatic carbocycles. The first-order chi connectivity index (χ1) is 8.84. The Balaban J connectivity index is 2.67. The third-order valence-corrected chi connectivity index (χ3v) is 3.95. The first-order valence-corrected chi connectivity index (χ1v) is 7.63. The van der Waals surface area contributed by atoms with Gasteiger partial charge in [0.1, 0.15) is 5.82 Å². The molecule has 8 heteroatoms. The zero-order valence-corrected chi connectivity index (χ0v) is 12.0. The largest absolute Gasteiger partial charge is 0.382 e. The van der Waals surface area contributed by atoms with Crippen molar-refractivity contribution in [2.75, 3.05) is 24.4 Å². The summed E-state index contributed by atoms with van der Waals surface area (Å²) in [5.74, 6) is 0.282. The summed E-state index contributed by atoms with van der Waals surface area (Å²) in [4.78, 5) is -0.00931. The summed E-state index contributed by atoms with van der Waals surface area (Å²) in [6, 6.07) is 6.77. The molecule has 0 atom stereocenters. The lowest BCUT2D eigenvalue weighted by Gasteiger charge is -2.04. The summed E-state index contributed by atoms with van der Waals surface area (Å²) in [6.45, 7) is 0. The molecule has 6 nitrogen and oxygen atoms in total. The highest BCUT2D eigenvalue weighted by Crippen LogP contribution is 2.29. The van der Waals surface area contributed by atoms with Crippen LogP contribution in [-0.4, -0.2) is 31.5 Å². The van der Waals surface area contributed by atoms with E-state index in [1.54, 1.807) is 31.3 Å². The highest BCUT2D eigenvalue weighted by molar-refractivity contribution is 7.91. The van der Waals surface area contributed by atoms with E-state index >= 15 is 0 Å². The molecule has 0 spiro atoms. The zero-order chi connectivity index (χ0) is 14.2. The number of benzene rings is 1. The van der Waals surface area contributed by atoms with Gasteiger partial charge in [0.15, 0.2) is 20.6 Å². The number of aromatic nitrogens is 2. The number of nitrogens with one attached hydrogen (secondary N) is 1. The van der Waals surface area contributed by atoms with Gasteiger partial charge in [-0.2, -0.15) is 0 Å². The van der Waals surface area contributed by atoms with E-state index in [1.165, 1.54) is 4.68 Å². The number of rotatable bonds is 3. The minimum absolute atomic E-state index is 0.00931. The van der Waals surface area contributed by atoms with Crippen LogP contribution < -0.4 is 11.1 Å². The molecule has 0 saturated carbocycles. The summed E-state index contributed by atoms with van der Waals surface area (Å²) >= 11 is 5.81. The van der Waals surface area contributed by atoms with Crippen LogP contribution in [0, 0.1) is 0 Å². The molecule has 1 heterocycles. The van der Waals surface area contributed by atoms with Gasteiger partial charge in [0.25, 0.3) is 0 Å². The van der Waals surface area contributed by atoms with Crippen LogP contribution >= 0.6 is 11.6 Å². The molecule has 3 N–H and O–H groups in total. The second kappa shape index (κ2) is 4.75. The van der Waals surface area contributed by atoms with Crippen LogP contribution in [0.4, 0.5) is 11.6 Å². The topological polar surface area (TPSA) is 90.0 Å². The molecule has 0 fully saturated rings. The summed E-state index contributed by atoms with van der Waals surface area (Å²) in [5.41, 5.74) is 6.52. The highest BCUT2D eigenvalue weighted by atomic mass is 35.5. The van der Waals surface area contributed by atoms with Gasteiger partial charge in [0.05, 0.1) is 5.69 Å². The lowest BCUT2D eigenvalue weighted by molar-refractivity contribution is 0.602. The maximum absolute atomic E-state index is 11.7. The predicted molar refractivity (Wildman–Crippen MR) is 75.6 cm³/mol. The molecule has 0 amide bonds. The quantitative estimate of drug-likeness (QED) is 0.897. The number of anilines is 2. The Labute approximate surface area is 116 Å². The lowest BCUT2D eigenvalue weighted by atomic mass is 10.3. The number of nitrogens with two attached hydrogens (primary N) is 1. The standard InChI is InChI=1S/C11H13ClN4O2S/c1-14-11-9(19(2,17)18)10(13)16(15-11)8-5-3-7(12)4-6-8/h3-6H,13H2,1-2H3,(H,14,15). The van der Waals surface area contributed by atoms with E-state index in [1.807, 2.05) is 0 Å². The molecular weight excluding hydrogens is 288 g/mol. The Kier molecular flexibility index (Phi) is 3.42. The number of hydrogen-bond acceptors (Lipinski definition) is 5. The first kappa shape index (κ1) is 13.7. The van der Waals surface area contributed by atoms with Crippen molar-refractivity contribution in [3.8, 4) is 5.69 Å². The van der Waals surface area contributed by atoms with Gasteiger partial charge in [-0.3, -0.25) is 0 Å². The van der Waals surface area contributed by atoms with Gasteiger partial charge in [0.2, 0.25) is 0 Å². The summed E-state index contributed by atoms with van der Waals surface area (Å²) in [6.07, 6.45) is 1.09. The Morgan fingerprint density at radius 1 is 1.32 bits per heavy atom. The molecule has 1 aromatic carbocycles. The number of halogens is 1. The summed E-state index contributed by atoms with van der Waals surface area (Å²) in [5, 5.41) is 7.46. The van der Waals surface area contributed by atoms with Gasteiger partial charge >= 0.3 is 0 Å². The van der Waals surface area contributed by atoms with Crippen molar-refractivity contribution in [3.05, 3.63) is 29.3 Å². The van der Waals surface area contributed by atoms with E-state index in [2.05, 4.69) is 10.4 Å². The minimum Gasteiger partial charge on any atom is -0.382 e. The smallest absolute Gasteiger partial charge is 0.182 e. The average molecular weight is 301 g/mol. The molecule has 0 aliphatic heterocycles. The van der Waals surface area contributed by atoms with Gasteiger partial charge in [-0.15, -0.1) is 5.10 Å². The number of sulfone groups is 1. The molecule has 0 bridgehead atoms. The van der Waals surface area contributed by atoms with Gasteiger partial charge in [0, 0.05) is 18.3 Å². The fourth-order valence-electron chi connectivity index (χ4n) is 1.72. The molecule has 0 radical (unpaired) electrons. The van der Waals surface area contributed by atoms with Gasteiger partial charge in [-0.1, -0.05) is 11.6 Å². The molecule has 0 aliphatic rings. The second-order valence-electron chi connectivity index (χ2n) is 3.97. The number of hydrogen-bond donors (Lipinski definition) is 2. The van der Waals surface area contributed by atoms with Crippen molar-refractivity contribution in [3.63, 3.8) is 0 Å². The lowest BCUT2D eigenvalue weighted by Crippen LogP contribution is -2.05. The molecule has 2 rings (SSSR count). The van der Waals surface area contributed by atoms with Crippen molar-refractivity contribution >= 4 is 33.1 Å². The molecular formula is C11H13ClN4O2S. The normalized spacial score (nSPS) is 11.5. The van der Waals surface area contributed by atoms with E-state index in [9.17, 15) is 8.42 Å². The number of nitrogen functional groups attached to an aromatic ring is 1. The van der Waals surface area contributed by atoms with Crippen molar-refractivity contribution < 1.29 is 8.42 Å². The Morgan fingerprint density at radius 2 is 1.89 bits per heavy atom. The van der Waals surface area contributed by atoms with E-state index in [-0.39, 0.29) is 16.5 Å². The van der Waals surface area contributed by atoms with E-state index in [0.717, 1.165) is 6.26 Å². The Hall–Kier alpha value is -1.73. The SMILES string of the molecule is CNc1nn(-c2ccc(Cl)cc2)c(N)c1S(C)(=O)=O. The summed E-state index contributed by atoms with van der Waals surface area (Å²) in [7, 11) is -1.88. The van der Waals surface area contributed by atoms with Crippen LogP contribution in [0.5, 0.6) is 0 Å². The predicted octanol–water partition coefficient (Wildman–Crippen LogP) is 1.55. The summed E-state index contributed by atoms with van der Waals surface area (Å²) < 4.78 is 24.8. The molecule has 102 valence electrons. The maximum atomic E-state index is 11.7. The van der Waals surface area contributed by atoms with E-state index in [0.29, 0.717) is 10.7 Å².